The van der Waals surface area contributed by atoms with E-state index in [0.29, 0.717) is 19.4 Å². The molecule has 0 fully saturated rings. The van der Waals surface area contributed by atoms with E-state index in [-0.39, 0.29) is 11.3 Å². The van der Waals surface area contributed by atoms with Crippen molar-refractivity contribution in [1.29, 1.82) is 0 Å². The fourth-order valence-corrected chi connectivity index (χ4v) is 3.54. The van der Waals surface area contributed by atoms with Crippen LogP contribution in [0.15, 0.2) is 29.2 Å². The van der Waals surface area contributed by atoms with Crippen molar-refractivity contribution in [3.63, 3.8) is 0 Å². The largest absolute Gasteiger partial charge is 0.468 e. The molecule has 0 radical (unpaired) electrons. The number of alkyl carbamates (subject to hydrolysis) is 1. The highest BCUT2D eigenvalue weighted by molar-refractivity contribution is 7.89. The topological polar surface area (TPSA) is 111 Å². The third-order valence-corrected chi connectivity index (χ3v) is 5.19. The number of hydrogen-bond donors (Lipinski definition) is 2. The van der Waals surface area contributed by atoms with Gasteiger partial charge in [-0.05, 0) is 59.1 Å². The zero-order valence-corrected chi connectivity index (χ0v) is 17.9. The van der Waals surface area contributed by atoms with Crippen molar-refractivity contribution in [1.82, 2.24) is 10.0 Å². The van der Waals surface area contributed by atoms with Crippen molar-refractivity contribution in [2.24, 2.45) is 0 Å². The van der Waals surface area contributed by atoms with Crippen LogP contribution in [-0.2, 0) is 24.3 Å². The normalized spacial score (nSPS) is 12.9. The molecule has 1 aromatic rings. The van der Waals surface area contributed by atoms with Gasteiger partial charge in [0.2, 0.25) is 10.0 Å². The van der Waals surface area contributed by atoms with Crippen molar-refractivity contribution in [2.45, 2.75) is 63.5 Å². The van der Waals surface area contributed by atoms with Gasteiger partial charge in [0.25, 0.3) is 0 Å². The smallest absolute Gasteiger partial charge is 0.407 e. The highest BCUT2D eigenvalue weighted by Crippen LogP contribution is 2.13. The number of amides is 1. The number of methoxy groups -OCH3 is 1. The number of esters is 1. The van der Waals surface area contributed by atoms with Gasteiger partial charge in [-0.15, -0.1) is 0 Å². The summed E-state index contributed by atoms with van der Waals surface area (Å²) in [5, 5.41) is 2.62. The van der Waals surface area contributed by atoms with Crippen LogP contribution in [0.25, 0.3) is 0 Å². The first kappa shape index (κ1) is 23.9. The summed E-state index contributed by atoms with van der Waals surface area (Å²) in [6.45, 7) is 7.52. The average Bonchev–Trinajstić information content (AvgIpc) is 2.58. The average molecular weight is 415 g/mol. The molecule has 1 amide bonds. The van der Waals surface area contributed by atoms with E-state index in [4.69, 9.17) is 9.47 Å². The van der Waals surface area contributed by atoms with Gasteiger partial charge in [-0.2, -0.15) is 4.72 Å². The number of unbranched alkanes of at least 4 members (excludes halogenated alkanes) is 1. The highest BCUT2D eigenvalue weighted by Gasteiger charge is 2.26. The Hall–Kier alpha value is -2.13. The molecule has 0 saturated carbocycles. The van der Waals surface area contributed by atoms with Crippen LogP contribution in [0.3, 0.4) is 0 Å². The van der Waals surface area contributed by atoms with Gasteiger partial charge in [0.15, 0.2) is 0 Å². The van der Waals surface area contributed by atoms with E-state index in [1.54, 1.807) is 32.9 Å². The summed E-state index contributed by atoms with van der Waals surface area (Å²) < 4.78 is 37.2. The van der Waals surface area contributed by atoms with Crippen LogP contribution in [0.4, 0.5) is 4.79 Å². The van der Waals surface area contributed by atoms with Gasteiger partial charge in [-0.3, -0.25) is 4.79 Å². The van der Waals surface area contributed by atoms with Gasteiger partial charge >= 0.3 is 12.1 Å². The molecule has 0 spiro atoms. The number of carbonyl (C=O) groups is 2. The van der Waals surface area contributed by atoms with Crippen LogP contribution in [0.1, 0.15) is 45.6 Å². The summed E-state index contributed by atoms with van der Waals surface area (Å²) in [4.78, 5) is 23.6. The van der Waals surface area contributed by atoms with E-state index in [1.165, 1.54) is 19.2 Å². The van der Waals surface area contributed by atoms with Crippen LogP contribution in [0, 0.1) is 6.92 Å². The SMILES string of the molecule is COC(=O)[C@H](CCCCNC(=O)OC(C)(C)C)NS(=O)(=O)c1ccc(C)cc1. The van der Waals surface area contributed by atoms with E-state index in [2.05, 4.69) is 10.0 Å². The third-order valence-electron chi connectivity index (χ3n) is 3.70. The van der Waals surface area contributed by atoms with E-state index >= 15 is 0 Å². The minimum atomic E-state index is -3.85. The minimum absolute atomic E-state index is 0.0820. The van der Waals surface area contributed by atoms with Gasteiger partial charge in [-0.1, -0.05) is 17.7 Å². The molecule has 0 aromatic heterocycles. The Labute approximate surface area is 167 Å². The van der Waals surface area contributed by atoms with Crippen molar-refractivity contribution in [2.75, 3.05) is 13.7 Å². The number of nitrogens with one attached hydrogen (secondary N) is 2. The highest BCUT2D eigenvalue weighted by atomic mass is 32.2. The van der Waals surface area contributed by atoms with E-state index in [1.807, 2.05) is 6.92 Å². The minimum Gasteiger partial charge on any atom is -0.468 e. The Morgan fingerprint density at radius 3 is 2.25 bits per heavy atom. The summed E-state index contributed by atoms with van der Waals surface area (Å²) in [5.41, 5.74) is 0.356. The first-order valence-corrected chi connectivity index (χ1v) is 10.6. The number of rotatable bonds is 9. The molecule has 0 aliphatic rings. The van der Waals surface area contributed by atoms with E-state index in [0.717, 1.165) is 5.56 Å². The lowest BCUT2D eigenvalue weighted by Crippen LogP contribution is -2.41. The van der Waals surface area contributed by atoms with Gasteiger partial charge in [0.1, 0.15) is 11.6 Å². The molecule has 0 heterocycles. The molecule has 0 unspecified atom stereocenters. The Bertz CT molecular complexity index is 754. The summed E-state index contributed by atoms with van der Waals surface area (Å²) in [6, 6.07) is 5.33. The Morgan fingerprint density at radius 2 is 1.71 bits per heavy atom. The number of carbonyl (C=O) groups excluding carboxylic acids is 2. The second-order valence-electron chi connectivity index (χ2n) is 7.43. The predicted octanol–water partition coefficient (Wildman–Crippen LogP) is 2.51. The molecule has 0 saturated heterocycles. The van der Waals surface area contributed by atoms with Crippen LogP contribution in [0.5, 0.6) is 0 Å². The first-order valence-electron chi connectivity index (χ1n) is 9.08. The van der Waals surface area contributed by atoms with Crippen molar-refractivity contribution < 1.29 is 27.5 Å². The maximum Gasteiger partial charge on any atom is 0.407 e. The second kappa shape index (κ2) is 10.4. The van der Waals surface area contributed by atoms with Crippen molar-refractivity contribution in [3.8, 4) is 0 Å². The van der Waals surface area contributed by atoms with Gasteiger partial charge in [-0.25, -0.2) is 13.2 Å². The lowest BCUT2D eigenvalue weighted by molar-refractivity contribution is -0.142. The second-order valence-corrected chi connectivity index (χ2v) is 9.15. The third kappa shape index (κ3) is 8.71. The lowest BCUT2D eigenvalue weighted by Gasteiger charge is -2.20. The number of sulfonamides is 1. The Morgan fingerprint density at radius 1 is 1.11 bits per heavy atom. The van der Waals surface area contributed by atoms with E-state index in [9.17, 15) is 18.0 Å². The maximum absolute atomic E-state index is 12.5. The molecule has 28 heavy (non-hydrogen) atoms. The molecule has 0 aliphatic heterocycles. The zero-order chi connectivity index (χ0) is 21.4. The fourth-order valence-electron chi connectivity index (χ4n) is 2.32. The van der Waals surface area contributed by atoms with Crippen LogP contribution in [-0.4, -0.2) is 45.8 Å². The van der Waals surface area contributed by atoms with E-state index < -0.39 is 33.7 Å². The molecular formula is C19H30N2O6S. The molecule has 8 nitrogen and oxygen atoms in total. The molecule has 1 atom stereocenters. The standard InChI is InChI=1S/C19H30N2O6S/c1-14-9-11-15(12-10-14)28(24,25)21-16(17(22)26-5)8-6-7-13-20-18(23)27-19(2,3)4/h9-12,16,21H,6-8,13H2,1-5H3,(H,20,23)/t16-/m0/s1. The Balaban J connectivity index is 2.57. The summed E-state index contributed by atoms with van der Waals surface area (Å²) in [5.74, 6) is -0.657. The van der Waals surface area contributed by atoms with Gasteiger partial charge in [0, 0.05) is 6.54 Å². The Kier molecular flexibility index (Phi) is 8.90. The molecule has 0 aliphatic carbocycles. The summed E-state index contributed by atoms with van der Waals surface area (Å²) in [7, 11) is -2.64. The number of ether oxygens (including phenoxy) is 2. The monoisotopic (exact) mass is 414 g/mol. The first-order chi connectivity index (χ1) is 12.9. The van der Waals surface area contributed by atoms with Crippen molar-refractivity contribution in [3.05, 3.63) is 29.8 Å². The van der Waals surface area contributed by atoms with Crippen LogP contribution < -0.4 is 10.0 Å². The van der Waals surface area contributed by atoms with Crippen molar-refractivity contribution >= 4 is 22.1 Å². The molecule has 2 N–H and O–H groups in total. The zero-order valence-electron chi connectivity index (χ0n) is 17.1. The number of hydrogen-bond acceptors (Lipinski definition) is 6. The quantitative estimate of drug-likeness (QED) is 0.474. The lowest BCUT2D eigenvalue weighted by atomic mass is 10.1. The molecule has 9 heteroatoms. The predicted molar refractivity (Wildman–Crippen MR) is 105 cm³/mol. The number of aryl methyl sites for hydroxylation is 1. The maximum atomic E-state index is 12.5. The molecule has 1 rings (SSSR count). The summed E-state index contributed by atoms with van der Waals surface area (Å²) in [6.07, 6.45) is 0.788. The molecule has 0 bridgehead atoms. The van der Waals surface area contributed by atoms with Gasteiger partial charge in [0.05, 0.1) is 12.0 Å². The van der Waals surface area contributed by atoms with Crippen LogP contribution in [0.2, 0.25) is 0 Å². The molecule has 1 aromatic carbocycles. The fraction of sp³-hybridized carbons (Fsp3) is 0.579. The summed E-state index contributed by atoms with van der Waals surface area (Å²) >= 11 is 0. The number of benzene rings is 1. The molecular weight excluding hydrogens is 384 g/mol. The molecule has 158 valence electrons. The van der Waals surface area contributed by atoms with Gasteiger partial charge < -0.3 is 14.8 Å². The van der Waals surface area contributed by atoms with Crippen LogP contribution >= 0.6 is 0 Å².